The standard InChI is InChI=1S/C28H21Cl4NO2.C2H4ClNO/c29-23-9-6-19(14-25(23)31)12-21-16-33(27(34)11-8-18-4-2-1-3-5-18)17-22(28(21)35)13-20-7-10-24(30)26(32)15-20;3-1-2(4)5/h1-7,9-10,12-15H,8,11,16-17H2;1H2,(H2,4,5)/b21-12+,22-13+;. The molecule has 1 heterocycles. The lowest BCUT2D eigenvalue weighted by molar-refractivity contribution is -0.131. The van der Waals surface area contributed by atoms with Gasteiger partial charge in [0.15, 0.2) is 5.78 Å². The van der Waals surface area contributed by atoms with Gasteiger partial charge in [-0.05, 0) is 59.5 Å². The average molecular weight is 639 g/mol. The van der Waals surface area contributed by atoms with Crippen LogP contribution in [0.2, 0.25) is 20.1 Å². The van der Waals surface area contributed by atoms with E-state index in [1.807, 2.05) is 30.3 Å². The number of primary amides is 1. The highest BCUT2D eigenvalue weighted by Gasteiger charge is 2.29. The summed E-state index contributed by atoms with van der Waals surface area (Å²) in [5.41, 5.74) is 8.06. The first-order valence-electron chi connectivity index (χ1n) is 12.1. The molecule has 0 radical (unpaired) electrons. The molecule has 0 atom stereocenters. The number of piperidine rings is 1. The summed E-state index contributed by atoms with van der Waals surface area (Å²) in [5.74, 6) is -0.720. The van der Waals surface area contributed by atoms with Crippen LogP contribution in [0.25, 0.3) is 12.2 Å². The lowest BCUT2D eigenvalue weighted by atomic mass is 9.93. The van der Waals surface area contributed by atoms with Gasteiger partial charge in [0.25, 0.3) is 0 Å². The van der Waals surface area contributed by atoms with E-state index in [-0.39, 0.29) is 30.7 Å². The minimum Gasteiger partial charge on any atom is -0.369 e. The molecule has 0 aromatic heterocycles. The highest BCUT2D eigenvalue weighted by atomic mass is 35.5. The van der Waals surface area contributed by atoms with Gasteiger partial charge in [-0.15, -0.1) is 11.6 Å². The van der Waals surface area contributed by atoms with E-state index in [0.717, 1.165) is 16.7 Å². The average Bonchev–Trinajstić information content (AvgIpc) is 2.94. The predicted molar refractivity (Wildman–Crippen MR) is 165 cm³/mol. The van der Waals surface area contributed by atoms with Gasteiger partial charge in [-0.1, -0.05) is 88.9 Å². The van der Waals surface area contributed by atoms with E-state index in [1.165, 1.54) is 0 Å². The second-order valence-corrected chi connectivity index (χ2v) is 10.7. The molecule has 3 aromatic carbocycles. The topological polar surface area (TPSA) is 80.5 Å². The Morgan fingerprint density at radius 1 is 0.775 bits per heavy atom. The minimum absolute atomic E-state index is 0.0265. The Morgan fingerprint density at radius 2 is 1.25 bits per heavy atom. The number of hydrogen-bond acceptors (Lipinski definition) is 3. The van der Waals surface area contributed by atoms with Crippen LogP contribution in [0.15, 0.2) is 77.9 Å². The summed E-state index contributed by atoms with van der Waals surface area (Å²) in [5, 5.41) is 1.65. The molecule has 40 heavy (non-hydrogen) atoms. The van der Waals surface area contributed by atoms with Crippen LogP contribution in [-0.2, 0) is 20.8 Å². The van der Waals surface area contributed by atoms with E-state index in [9.17, 15) is 14.4 Å². The van der Waals surface area contributed by atoms with Gasteiger partial charge in [0.1, 0.15) is 5.88 Å². The summed E-state index contributed by atoms with van der Waals surface area (Å²) in [4.78, 5) is 37.7. The van der Waals surface area contributed by atoms with E-state index < -0.39 is 5.91 Å². The number of hydrogen-bond donors (Lipinski definition) is 1. The Balaban J connectivity index is 0.000000810. The second-order valence-electron chi connectivity index (χ2n) is 8.85. The van der Waals surface area contributed by atoms with Crippen LogP contribution in [0.4, 0.5) is 0 Å². The van der Waals surface area contributed by atoms with Crippen LogP contribution in [-0.4, -0.2) is 41.5 Å². The molecule has 3 aromatic rings. The fourth-order valence-electron chi connectivity index (χ4n) is 3.88. The fraction of sp³-hybridized carbons (Fsp3) is 0.167. The molecule has 208 valence electrons. The van der Waals surface area contributed by atoms with Crippen molar-refractivity contribution in [2.24, 2.45) is 5.73 Å². The third kappa shape index (κ3) is 9.39. The van der Waals surface area contributed by atoms with Crippen molar-refractivity contribution in [1.82, 2.24) is 4.90 Å². The summed E-state index contributed by atoms with van der Waals surface area (Å²) in [7, 11) is 0. The highest BCUT2D eigenvalue weighted by Crippen LogP contribution is 2.28. The maximum absolute atomic E-state index is 13.4. The Bertz CT molecular complexity index is 1380. The van der Waals surface area contributed by atoms with Gasteiger partial charge in [0, 0.05) is 30.7 Å². The monoisotopic (exact) mass is 636 g/mol. The first kappa shape index (κ1) is 31.7. The fourth-order valence-corrected chi connectivity index (χ4v) is 4.49. The van der Waals surface area contributed by atoms with Crippen LogP contribution in [0, 0.1) is 0 Å². The number of amides is 2. The molecule has 0 saturated carbocycles. The molecule has 5 nitrogen and oxygen atoms in total. The minimum atomic E-state index is -0.480. The van der Waals surface area contributed by atoms with Crippen LogP contribution < -0.4 is 5.73 Å². The van der Waals surface area contributed by atoms with E-state index in [2.05, 4.69) is 5.73 Å². The maximum Gasteiger partial charge on any atom is 0.232 e. The van der Waals surface area contributed by atoms with E-state index in [4.69, 9.17) is 58.0 Å². The van der Waals surface area contributed by atoms with E-state index in [1.54, 1.807) is 53.5 Å². The summed E-state index contributed by atoms with van der Waals surface area (Å²) >= 11 is 29.3. The number of nitrogens with zero attached hydrogens (tertiary/aromatic N) is 1. The van der Waals surface area contributed by atoms with Crippen molar-refractivity contribution in [2.75, 3.05) is 19.0 Å². The van der Waals surface area contributed by atoms with Crippen molar-refractivity contribution in [2.45, 2.75) is 12.8 Å². The molecule has 1 fully saturated rings. The molecule has 0 bridgehead atoms. The second kappa shape index (κ2) is 15.3. The van der Waals surface area contributed by atoms with Crippen molar-refractivity contribution in [3.63, 3.8) is 0 Å². The largest absolute Gasteiger partial charge is 0.369 e. The number of halogens is 5. The van der Waals surface area contributed by atoms with Crippen molar-refractivity contribution >= 4 is 87.8 Å². The number of Topliss-reactive ketones (excluding diaryl/α,β-unsaturated/α-hetero) is 1. The lowest BCUT2D eigenvalue weighted by Crippen LogP contribution is -2.41. The number of nitrogens with two attached hydrogens (primary N) is 1. The number of rotatable bonds is 6. The van der Waals surface area contributed by atoms with Crippen molar-refractivity contribution < 1.29 is 14.4 Å². The molecule has 1 aliphatic rings. The molecule has 2 amide bonds. The van der Waals surface area contributed by atoms with Gasteiger partial charge in [-0.3, -0.25) is 14.4 Å². The number of carbonyl (C=O) groups excluding carboxylic acids is 3. The van der Waals surface area contributed by atoms with Gasteiger partial charge in [0.05, 0.1) is 20.1 Å². The molecule has 10 heteroatoms. The Morgan fingerprint density at radius 3 is 1.68 bits per heavy atom. The molecular weight excluding hydrogens is 614 g/mol. The van der Waals surface area contributed by atoms with Gasteiger partial charge in [-0.25, -0.2) is 0 Å². The lowest BCUT2D eigenvalue weighted by Gasteiger charge is -2.30. The molecule has 0 aliphatic carbocycles. The molecule has 0 unspecified atom stereocenters. The molecule has 0 spiro atoms. The summed E-state index contributed by atoms with van der Waals surface area (Å²) < 4.78 is 0. The zero-order chi connectivity index (χ0) is 29.2. The van der Waals surface area contributed by atoms with Crippen LogP contribution in [0.1, 0.15) is 23.1 Å². The first-order valence-corrected chi connectivity index (χ1v) is 14.1. The number of benzene rings is 3. The quantitative estimate of drug-likeness (QED) is 0.224. The summed E-state index contributed by atoms with van der Waals surface area (Å²) in [6.45, 7) is 0.427. The highest BCUT2D eigenvalue weighted by molar-refractivity contribution is 6.42. The number of likely N-dealkylation sites (tertiary alicyclic amines) is 1. The number of carbonyl (C=O) groups is 3. The maximum atomic E-state index is 13.4. The number of alkyl halides is 1. The van der Waals surface area contributed by atoms with Gasteiger partial charge >= 0.3 is 0 Å². The zero-order valence-corrected chi connectivity index (χ0v) is 25.0. The third-order valence-electron chi connectivity index (χ3n) is 5.83. The molecule has 1 aliphatic heterocycles. The van der Waals surface area contributed by atoms with Gasteiger partial charge in [-0.2, -0.15) is 0 Å². The van der Waals surface area contributed by atoms with Gasteiger partial charge in [0.2, 0.25) is 11.8 Å². The molecule has 4 rings (SSSR count). The Labute approximate surface area is 258 Å². The van der Waals surface area contributed by atoms with E-state index in [0.29, 0.717) is 44.1 Å². The van der Waals surface area contributed by atoms with Crippen LogP contribution in [0.3, 0.4) is 0 Å². The molecule has 1 saturated heterocycles. The first-order chi connectivity index (χ1) is 19.1. The van der Waals surface area contributed by atoms with Crippen molar-refractivity contribution in [3.8, 4) is 0 Å². The summed E-state index contributed by atoms with van der Waals surface area (Å²) in [6.07, 6.45) is 4.48. The normalized spacial score (nSPS) is 15.1. The zero-order valence-electron chi connectivity index (χ0n) is 21.2. The van der Waals surface area contributed by atoms with Crippen LogP contribution in [0.5, 0.6) is 0 Å². The van der Waals surface area contributed by atoms with Crippen molar-refractivity contribution in [3.05, 3.63) is 115 Å². The van der Waals surface area contributed by atoms with Crippen molar-refractivity contribution in [1.29, 1.82) is 0 Å². The number of ketones is 1. The SMILES string of the molecule is NC(=O)CCl.O=C1/C(=C/c2ccc(Cl)c(Cl)c2)CN(C(=O)CCc2ccccc2)C/C1=C\c1ccc(Cl)c(Cl)c1. The van der Waals surface area contributed by atoms with E-state index >= 15 is 0 Å². The van der Waals surface area contributed by atoms with Crippen LogP contribution >= 0.6 is 58.0 Å². The van der Waals surface area contributed by atoms with Gasteiger partial charge < -0.3 is 10.6 Å². The predicted octanol–water partition coefficient (Wildman–Crippen LogP) is 7.52. The Kier molecular flexibility index (Phi) is 12.1. The number of aryl methyl sites for hydroxylation is 1. The smallest absolute Gasteiger partial charge is 0.232 e. The Hall–Kier alpha value is -2.80. The molecule has 2 N–H and O–H groups in total. The third-order valence-corrected chi connectivity index (χ3v) is 7.57. The molecular formula is C30H25Cl5N2O3. The summed E-state index contributed by atoms with van der Waals surface area (Å²) in [6, 6.07) is 20.2.